The minimum absolute atomic E-state index is 0.0601. The molecule has 2 heterocycles. The molecule has 2 atom stereocenters. The van der Waals surface area contributed by atoms with Crippen LogP contribution in [0.1, 0.15) is 48.4 Å². The van der Waals surface area contributed by atoms with E-state index < -0.39 is 5.92 Å². The molecule has 36 heavy (non-hydrogen) atoms. The number of hydrogen-bond acceptors (Lipinski definition) is 5. The normalized spacial score (nSPS) is 19.5. The second-order valence-corrected chi connectivity index (χ2v) is 9.32. The number of ketones is 1. The maximum Gasteiger partial charge on any atom is 0.255 e. The standard InChI is InChI=1S/C30H29N3O3/c1-18-8-7-11-26(31-18)33-30(35)27-19(2)32-24-16-22(20-12-14-23(36-3)15-13-20)17-25(34)29(24)28(27)21-9-5-4-6-10-21/h4-15,22,28,32H,16-17H2,1-3H3,(H,31,33,35). The highest BCUT2D eigenvalue weighted by molar-refractivity contribution is 6.09. The maximum absolute atomic E-state index is 13.7. The van der Waals surface area contributed by atoms with Crippen molar-refractivity contribution in [2.45, 2.75) is 38.5 Å². The average Bonchev–Trinajstić information content (AvgIpc) is 2.88. The summed E-state index contributed by atoms with van der Waals surface area (Å²) in [4.78, 5) is 31.7. The lowest BCUT2D eigenvalue weighted by molar-refractivity contribution is -0.116. The van der Waals surface area contributed by atoms with Crippen molar-refractivity contribution in [1.29, 1.82) is 0 Å². The summed E-state index contributed by atoms with van der Waals surface area (Å²) >= 11 is 0. The Hall–Kier alpha value is -4.19. The number of ether oxygens (including phenoxy) is 1. The zero-order valence-corrected chi connectivity index (χ0v) is 20.7. The van der Waals surface area contributed by atoms with Crippen LogP contribution in [0.25, 0.3) is 0 Å². The Morgan fingerprint density at radius 1 is 0.944 bits per heavy atom. The molecule has 2 unspecified atom stereocenters. The van der Waals surface area contributed by atoms with E-state index in [4.69, 9.17) is 4.74 Å². The van der Waals surface area contributed by atoms with Gasteiger partial charge in [-0.1, -0.05) is 48.5 Å². The van der Waals surface area contributed by atoms with Gasteiger partial charge in [0, 0.05) is 40.6 Å². The molecule has 0 bridgehead atoms. The van der Waals surface area contributed by atoms with Crippen LogP contribution in [-0.4, -0.2) is 23.8 Å². The number of nitrogens with zero attached hydrogens (tertiary/aromatic N) is 1. The Morgan fingerprint density at radius 3 is 2.39 bits per heavy atom. The number of hydrogen-bond donors (Lipinski definition) is 2. The number of Topliss-reactive ketones (excluding diaryl/α,β-unsaturated/α-hetero) is 1. The number of dihydropyridines is 1. The Labute approximate surface area is 211 Å². The molecule has 2 aromatic carbocycles. The van der Waals surface area contributed by atoms with Crippen molar-refractivity contribution in [1.82, 2.24) is 10.3 Å². The lowest BCUT2D eigenvalue weighted by Crippen LogP contribution is -2.37. The second kappa shape index (κ2) is 9.82. The molecule has 6 heteroatoms. The number of methoxy groups -OCH3 is 1. The van der Waals surface area contributed by atoms with Crippen molar-refractivity contribution < 1.29 is 14.3 Å². The van der Waals surface area contributed by atoms with Gasteiger partial charge in [0.2, 0.25) is 0 Å². The van der Waals surface area contributed by atoms with Crippen LogP contribution >= 0.6 is 0 Å². The third-order valence-electron chi connectivity index (χ3n) is 6.92. The summed E-state index contributed by atoms with van der Waals surface area (Å²) in [5, 5.41) is 6.38. The number of rotatable bonds is 5. The molecule has 0 saturated heterocycles. The van der Waals surface area contributed by atoms with E-state index in [-0.39, 0.29) is 17.6 Å². The summed E-state index contributed by atoms with van der Waals surface area (Å²) in [5.41, 5.74) is 5.70. The molecule has 2 aliphatic rings. The van der Waals surface area contributed by atoms with Crippen LogP contribution in [0.4, 0.5) is 5.82 Å². The van der Waals surface area contributed by atoms with E-state index in [0.29, 0.717) is 29.8 Å². The van der Waals surface area contributed by atoms with Crippen molar-refractivity contribution in [2.75, 3.05) is 12.4 Å². The molecule has 1 aromatic heterocycles. The highest BCUT2D eigenvalue weighted by atomic mass is 16.5. The number of aromatic nitrogens is 1. The summed E-state index contributed by atoms with van der Waals surface area (Å²) in [6, 6.07) is 23.2. The first-order valence-corrected chi connectivity index (χ1v) is 12.1. The monoisotopic (exact) mass is 479 g/mol. The topological polar surface area (TPSA) is 80.3 Å². The number of pyridine rings is 1. The number of amides is 1. The summed E-state index contributed by atoms with van der Waals surface area (Å²) < 4.78 is 5.29. The van der Waals surface area contributed by atoms with Crippen LogP contribution in [0.2, 0.25) is 0 Å². The van der Waals surface area contributed by atoms with E-state index >= 15 is 0 Å². The molecule has 2 N–H and O–H groups in total. The van der Waals surface area contributed by atoms with Gasteiger partial charge in [0.05, 0.1) is 7.11 Å². The van der Waals surface area contributed by atoms with Gasteiger partial charge in [0.25, 0.3) is 5.91 Å². The number of benzene rings is 2. The molecule has 0 spiro atoms. The van der Waals surface area contributed by atoms with Gasteiger partial charge >= 0.3 is 0 Å². The van der Waals surface area contributed by atoms with E-state index in [0.717, 1.165) is 34.0 Å². The van der Waals surface area contributed by atoms with Crippen molar-refractivity contribution in [3.8, 4) is 5.75 Å². The number of aryl methyl sites for hydroxylation is 1. The largest absolute Gasteiger partial charge is 0.497 e. The third kappa shape index (κ3) is 4.54. The van der Waals surface area contributed by atoms with Gasteiger partial charge in [-0.3, -0.25) is 9.59 Å². The molecule has 1 aliphatic heterocycles. The maximum atomic E-state index is 13.7. The van der Waals surface area contributed by atoms with Gasteiger partial charge in [-0.05, 0) is 61.6 Å². The van der Waals surface area contributed by atoms with E-state index in [1.807, 2.05) is 80.6 Å². The summed E-state index contributed by atoms with van der Waals surface area (Å²) in [5.74, 6) is 0.690. The predicted octanol–water partition coefficient (Wildman–Crippen LogP) is 5.40. The molecule has 0 saturated carbocycles. The molecule has 0 radical (unpaired) electrons. The van der Waals surface area contributed by atoms with Crippen LogP contribution in [0, 0.1) is 6.92 Å². The van der Waals surface area contributed by atoms with E-state index in [1.165, 1.54) is 0 Å². The minimum atomic E-state index is -0.448. The van der Waals surface area contributed by atoms with Gasteiger partial charge in [-0.2, -0.15) is 0 Å². The highest BCUT2D eigenvalue weighted by Gasteiger charge is 2.40. The van der Waals surface area contributed by atoms with Crippen LogP contribution in [-0.2, 0) is 9.59 Å². The van der Waals surface area contributed by atoms with E-state index in [2.05, 4.69) is 15.6 Å². The quantitative estimate of drug-likeness (QED) is 0.512. The average molecular weight is 480 g/mol. The summed E-state index contributed by atoms with van der Waals surface area (Å²) in [6.45, 7) is 3.78. The Morgan fingerprint density at radius 2 is 1.69 bits per heavy atom. The minimum Gasteiger partial charge on any atom is -0.497 e. The van der Waals surface area contributed by atoms with Crippen molar-refractivity contribution in [2.24, 2.45) is 0 Å². The molecule has 6 nitrogen and oxygen atoms in total. The molecule has 1 amide bonds. The number of carbonyl (C=O) groups excluding carboxylic acids is 2. The van der Waals surface area contributed by atoms with Crippen LogP contribution in [0.5, 0.6) is 5.75 Å². The summed E-state index contributed by atoms with van der Waals surface area (Å²) in [6.07, 6.45) is 1.09. The SMILES string of the molecule is COc1ccc(C2CC(=O)C3=C(C2)NC(C)=C(C(=O)Nc2cccc(C)n2)C3c2ccccc2)cc1. The van der Waals surface area contributed by atoms with Crippen LogP contribution < -0.4 is 15.4 Å². The lowest BCUT2D eigenvalue weighted by Gasteiger charge is -2.37. The molecule has 0 fully saturated rings. The second-order valence-electron chi connectivity index (χ2n) is 9.32. The van der Waals surface area contributed by atoms with Gasteiger partial charge in [-0.15, -0.1) is 0 Å². The van der Waals surface area contributed by atoms with Gasteiger partial charge < -0.3 is 15.4 Å². The molecule has 5 rings (SSSR count). The van der Waals surface area contributed by atoms with Gasteiger partial charge in [-0.25, -0.2) is 4.98 Å². The first kappa shape index (κ1) is 23.5. The molecule has 182 valence electrons. The van der Waals surface area contributed by atoms with Crippen molar-refractivity contribution in [3.63, 3.8) is 0 Å². The number of anilines is 1. The zero-order valence-electron chi connectivity index (χ0n) is 20.7. The number of carbonyl (C=O) groups is 2. The molecule has 1 aliphatic carbocycles. The molecular formula is C30H29N3O3. The van der Waals surface area contributed by atoms with E-state index in [1.54, 1.807) is 13.2 Å². The lowest BCUT2D eigenvalue weighted by atomic mass is 9.71. The number of allylic oxidation sites excluding steroid dienone is 3. The fourth-order valence-electron chi connectivity index (χ4n) is 5.23. The smallest absolute Gasteiger partial charge is 0.255 e. The zero-order chi connectivity index (χ0) is 25.2. The van der Waals surface area contributed by atoms with Crippen molar-refractivity contribution >= 4 is 17.5 Å². The Kier molecular flexibility index (Phi) is 6.42. The van der Waals surface area contributed by atoms with Crippen LogP contribution in [0.15, 0.2) is 95.3 Å². The predicted molar refractivity (Wildman–Crippen MR) is 140 cm³/mol. The number of nitrogens with one attached hydrogen (secondary N) is 2. The fraction of sp³-hybridized carbons (Fsp3) is 0.233. The fourth-order valence-corrected chi connectivity index (χ4v) is 5.23. The van der Waals surface area contributed by atoms with Crippen molar-refractivity contribution in [3.05, 3.63) is 112 Å². The van der Waals surface area contributed by atoms with Gasteiger partial charge in [0.15, 0.2) is 5.78 Å². The first-order valence-electron chi connectivity index (χ1n) is 12.1. The molecular weight excluding hydrogens is 450 g/mol. The van der Waals surface area contributed by atoms with E-state index in [9.17, 15) is 9.59 Å². The van der Waals surface area contributed by atoms with Gasteiger partial charge in [0.1, 0.15) is 11.6 Å². The third-order valence-corrected chi connectivity index (χ3v) is 6.92. The Bertz CT molecular complexity index is 1370. The first-order chi connectivity index (χ1) is 17.4. The van der Waals surface area contributed by atoms with Crippen LogP contribution in [0.3, 0.4) is 0 Å². The Balaban J connectivity index is 1.52. The summed E-state index contributed by atoms with van der Waals surface area (Å²) in [7, 11) is 1.64. The highest BCUT2D eigenvalue weighted by Crippen LogP contribution is 2.45. The molecule has 3 aromatic rings.